The van der Waals surface area contributed by atoms with E-state index in [1.54, 1.807) is 30.1 Å². The third kappa shape index (κ3) is 4.15. The average Bonchev–Trinajstić information content (AvgIpc) is 2.35. The summed E-state index contributed by atoms with van der Waals surface area (Å²) in [6.45, 7) is 2.24. The van der Waals surface area contributed by atoms with Crippen molar-refractivity contribution in [1.82, 2.24) is 4.90 Å². The Bertz CT molecular complexity index is 429. The molecule has 100 valence electrons. The van der Waals surface area contributed by atoms with Gasteiger partial charge in [0.25, 0.3) is 5.91 Å². The van der Waals surface area contributed by atoms with E-state index >= 15 is 0 Å². The lowest BCUT2D eigenvalue weighted by Gasteiger charge is -2.23. The maximum atomic E-state index is 11.8. The van der Waals surface area contributed by atoms with Crippen molar-refractivity contribution in [3.63, 3.8) is 0 Å². The maximum Gasteiger partial charge on any atom is 0.260 e. The van der Waals surface area contributed by atoms with Crippen LogP contribution in [0.2, 0.25) is 5.02 Å². The van der Waals surface area contributed by atoms with Crippen LogP contribution in [0.3, 0.4) is 0 Å². The first kappa shape index (κ1) is 15.3. The van der Waals surface area contributed by atoms with E-state index in [1.165, 1.54) is 0 Å². The van der Waals surface area contributed by atoms with E-state index in [1.807, 2.05) is 6.92 Å². The van der Waals surface area contributed by atoms with Gasteiger partial charge >= 0.3 is 0 Å². The molecule has 1 amide bonds. The Morgan fingerprint density at radius 2 is 2.28 bits per heavy atom. The molecule has 0 bridgehead atoms. The number of halogens is 2. The zero-order chi connectivity index (χ0) is 13.7. The standard InChI is InChI=1S/C12H16BrClN2O2/c1-8(6-15)16(2)12(17)7-18-11-4-3-9(13)5-10(11)14/h3-5,8H,6-7,15H2,1-2H3. The molecule has 1 atom stereocenters. The Morgan fingerprint density at radius 1 is 1.61 bits per heavy atom. The van der Waals surface area contributed by atoms with Crippen LogP contribution < -0.4 is 10.5 Å². The number of carbonyl (C=O) groups excluding carboxylic acids is 1. The molecule has 0 saturated heterocycles. The molecule has 1 aromatic rings. The first-order valence-electron chi connectivity index (χ1n) is 5.49. The number of carbonyl (C=O) groups is 1. The second kappa shape index (κ2) is 6.97. The number of ether oxygens (including phenoxy) is 1. The summed E-state index contributed by atoms with van der Waals surface area (Å²) in [4.78, 5) is 13.4. The number of hydrogen-bond donors (Lipinski definition) is 1. The first-order chi connectivity index (χ1) is 8.45. The molecule has 4 nitrogen and oxygen atoms in total. The van der Waals surface area contributed by atoms with Gasteiger partial charge < -0.3 is 15.4 Å². The lowest BCUT2D eigenvalue weighted by molar-refractivity contribution is -0.133. The molecule has 0 fully saturated rings. The van der Waals surface area contributed by atoms with E-state index < -0.39 is 0 Å². The minimum atomic E-state index is -0.132. The van der Waals surface area contributed by atoms with Gasteiger partial charge in [0.2, 0.25) is 0 Å². The molecule has 0 aliphatic heterocycles. The largest absolute Gasteiger partial charge is 0.482 e. The highest BCUT2D eigenvalue weighted by Gasteiger charge is 2.15. The second-order valence-corrected chi connectivity index (χ2v) is 5.28. The molecule has 18 heavy (non-hydrogen) atoms. The van der Waals surface area contributed by atoms with Gasteiger partial charge in [-0.15, -0.1) is 0 Å². The predicted molar refractivity (Wildman–Crippen MR) is 75.9 cm³/mol. The zero-order valence-electron chi connectivity index (χ0n) is 10.3. The van der Waals surface area contributed by atoms with E-state index in [4.69, 9.17) is 22.1 Å². The fourth-order valence-electron chi connectivity index (χ4n) is 1.24. The number of nitrogens with two attached hydrogens (primary N) is 1. The number of benzene rings is 1. The maximum absolute atomic E-state index is 11.8. The van der Waals surface area contributed by atoms with Gasteiger partial charge in [-0.3, -0.25) is 4.79 Å². The molecule has 0 radical (unpaired) electrons. The highest BCUT2D eigenvalue weighted by atomic mass is 79.9. The van der Waals surface area contributed by atoms with E-state index in [9.17, 15) is 4.79 Å². The van der Waals surface area contributed by atoms with Crippen molar-refractivity contribution in [1.29, 1.82) is 0 Å². The van der Waals surface area contributed by atoms with Crippen LogP contribution in [0.15, 0.2) is 22.7 Å². The van der Waals surface area contributed by atoms with Crippen LogP contribution in [0.4, 0.5) is 0 Å². The topological polar surface area (TPSA) is 55.6 Å². The van der Waals surface area contributed by atoms with Crippen LogP contribution >= 0.6 is 27.5 Å². The minimum absolute atomic E-state index is 0.0125. The third-order valence-electron chi connectivity index (χ3n) is 2.64. The normalized spacial score (nSPS) is 12.1. The van der Waals surface area contributed by atoms with Crippen molar-refractivity contribution in [3.8, 4) is 5.75 Å². The summed E-state index contributed by atoms with van der Waals surface area (Å²) in [5.74, 6) is 0.356. The fraction of sp³-hybridized carbons (Fsp3) is 0.417. The van der Waals surface area contributed by atoms with E-state index in [2.05, 4.69) is 15.9 Å². The second-order valence-electron chi connectivity index (χ2n) is 3.95. The highest BCUT2D eigenvalue weighted by molar-refractivity contribution is 9.10. The Labute approximate surface area is 120 Å². The summed E-state index contributed by atoms with van der Waals surface area (Å²) in [5, 5.41) is 0.465. The number of likely N-dealkylation sites (N-methyl/N-ethyl adjacent to an activating group) is 1. The van der Waals surface area contributed by atoms with Crippen LogP contribution in [0, 0.1) is 0 Å². The van der Waals surface area contributed by atoms with Gasteiger partial charge in [-0.05, 0) is 25.1 Å². The molecule has 2 N–H and O–H groups in total. The van der Waals surface area contributed by atoms with E-state index in [0.29, 0.717) is 17.3 Å². The summed E-state index contributed by atoms with van der Waals surface area (Å²) >= 11 is 9.28. The van der Waals surface area contributed by atoms with Crippen molar-refractivity contribution < 1.29 is 9.53 Å². The Balaban J connectivity index is 2.57. The van der Waals surface area contributed by atoms with Crippen molar-refractivity contribution in [2.24, 2.45) is 5.73 Å². The van der Waals surface area contributed by atoms with Gasteiger partial charge in [0.15, 0.2) is 6.61 Å². The first-order valence-corrected chi connectivity index (χ1v) is 6.66. The van der Waals surface area contributed by atoms with Crippen LogP contribution in [0.25, 0.3) is 0 Å². The summed E-state index contributed by atoms with van der Waals surface area (Å²) in [6.07, 6.45) is 0. The van der Waals surface area contributed by atoms with Crippen molar-refractivity contribution in [2.45, 2.75) is 13.0 Å². The van der Waals surface area contributed by atoms with Crippen LogP contribution in [0.1, 0.15) is 6.92 Å². The van der Waals surface area contributed by atoms with Crippen LogP contribution in [0.5, 0.6) is 5.75 Å². The number of amides is 1. The Kier molecular flexibility index (Phi) is 5.91. The highest BCUT2D eigenvalue weighted by Crippen LogP contribution is 2.27. The molecule has 1 rings (SSSR count). The Morgan fingerprint density at radius 3 is 2.83 bits per heavy atom. The van der Waals surface area contributed by atoms with Gasteiger partial charge in [0, 0.05) is 24.1 Å². The quantitative estimate of drug-likeness (QED) is 0.898. The van der Waals surface area contributed by atoms with Gasteiger partial charge in [0.1, 0.15) is 5.75 Å². The molecule has 0 aliphatic rings. The van der Waals surface area contributed by atoms with E-state index in [0.717, 1.165) is 4.47 Å². The predicted octanol–water partition coefficient (Wildman–Crippen LogP) is 2.29. The van der Waals surface area contributed by atoms with Crippen molar-refractivity contribution >= 4 is 33.4 Å². The SMILES string of the molecule is CC(CN)N(C)C(=O)COc1ccc(Br)cc1Cl. The minimum Gasteiger partial charge on any atom is -0.482 e. The molecule has 0 aromatic heterocycles. The number of rotatable bonds is 5. The lowest BCUT2D eigenvalue weighted by Crippen LogP contribution is -2.42. The molecule has 0 saturated carbocycles. The van der Waals surface area contributed by atoms with Gasteiger partial charge in [-0.1, -0.05) is 27.5 Å². The smallest absolute Gasteiger partial charge is 0.260 e. The lowest BCUT2D eigenvalue weighted by atomic mass is 10.3. The van der Waals surface area contributed by atoms with Crippen LogP contribution in [-0.4, -0.2) is 37.0 Å². The molecule has 6 heteroatoms. The third-order valence-corrected chi connectivity index (χ3v) is 3.43. The molecule has 0 spiro atoms. The molecular weight excluding hydrogens is 320 g/mol. The summed E-state index contributed by atoms with van der Waals surface area (Å²) in [5.41, 5.74) is 5.50. The molecule has 0 aliphatic carbocycles. The average molecular weight is 336 g/mol. The monoisotopic (exact) mass is 334 g/mol. The molecule has 1 aromatic carbocycles. The van der Waals surface area contributed by atoms with Gasteiger partial charge in [-0.25, -0.2) is 0 Å². The van der Waals surface area contributed by atoms with Crippen molar-refractivity contribution in [2.75, 3.05) is 20.2 Å². The fourth-order valence-corrected chi connectivity index (χ4v) is 1.97. The number of hydrogen-bond acceptors (Lipinski definition) is 3. The molecule has 1 unspecified atom stereocenters. The number of nitrogens with zero attached hydrogens (tertiary/aromatic N) is 1. The van der Waals surface area contributed by atoms with Crippen molar-refractivity contribution in [3.05, 3.63) is 27.7 Å². The molecule has 0 heterocycles. The molecular formula is C12H16BrClN2O2. The summed E-state index contributed by atoms with van der Waals surface area (Å²) in [6, 6.07) is 5.22. The Hall–Kier alpha value is -0.780. The van der Waals surface area contributed by atoms with Crippen LogP contribution in [-0.2, 0) is 4.79 Å². The summed E-state index contributed by atoms with van der Waals surface area (Å²) in [7, 11) is 1.70. The van der Waals surface area contributed by atoms with E-state index in [-0.39, 0.29) is 18.6 Å². The van der Waals surface area contributed by atoms with Gasteiger partial charge in [-0.2, -0.15) is 0 Å². The zero-order valence-corrected chi connectivity index (χ0v) is 12.7. The summed E-state index contributed by atoms with van der Waals surface area (Å²) < 4.78 is 6.25. The van der Waals surface area contributed by atoms with Gasteiger partial charge in [0.05, 0.1) is 5.02 Å².